The monoisotopic (exact) mass is 272 g/mol. The lowest BCUT2D eigenvalue weighted by molar-refractivity contribution is -0.0752. The summed E-state index contributed by atoms with van der Waals surface area (Å²) in [6, 6.07) is 2.06. The maximum Gasteiger partial charge on any atom is 0.253 e. The molecule has 0 saturated heterocycles. The van der Waals surface area contributed by atoms with Crippen LogP contribution in [0.2, 0.25) is 0 Å². The standard InChI is InChI=1S/C15H20N4O/c16-7-12-13(17)18-19-14(12)20-8-15-4-9-1-10(5-15)3-11(2-9)6-15/h9-11H,1-6,8H2,(H3,17,18,19). The highest BCUT2D eigenvalue weighted by Crippen LogP contribution is 2.60. The second kappa shape index (κ2) is 4.15. The predicted octanol–water partition coefficient (Wildman–Crippen LogP) is 2.46. The van der Waals surface area contributed by atoms with Gasteiger partial charge in [-0.2, -0.15) is 5.26 Å². The van der Waals surface area contributed by atoms with Crippen molar-refractivity contribution in [1.82, 2.24) is 10.2 Å². The minimum atomic E-state index is 0.299. The summed E-state index contributed by atoms with van der Waals surface area (Å²) in [5.74, 6) is 3.40. The van der Waals surface area contributed by atoms with Crippen LogP contribution in [0.25, 0.3) is 0 Å². The number of H-pyrrole nitrogens is 1. The van der Waals surface area contributed by atoms with E-state index < -0.39 is 0 Å². The third-order valence-electron chi connectivity index (χ3n) is 5.55. The Morgan fingerprint density at radius 1 is 1.25 bits per heavy atom. The summed E-state index contributed by atoms with van der Waals surface area (Å²) in [5.41, 5.74) is 6.34. The highest BCUT2D eigenvalue weighted by Gasteiger charge is 2.51. The number of nitrogens with two attached hydrogens (primary N) is 1. The molecule has 0 spiro atoms. The SMILES string of the molecule is N#Cc1c(OCC23CC4CC(CC(C4)C2)C3)n[nH]c1N. The number of hydrogen-bond donors (Lipinski definition) is 2. The summed E-state index contributed by atoms with van der Waals surface area (Å²) in [7, 11) is 0. The molecule has 4 bridgehead atoms. The molecule has 20 heavy (non-hydrogen) atoms. The number of aromatic nitrogens is 2. The molecule has 1 heterocycles. The van der Waals surface area contributed by atoms with E-state index in [9.17, 15) is 0 Å². The fraction of sp³-hybridized carbons (Fsp3) is 0.733. The molecule has 0 unspecified atom stereocenters. The van der Waals surface area contributed by atoms with Gasteiger partial charge in [0, 0.05) is 5.41 Å². The Bertz CT molecular complexity index is 536. The molecular formula is C15H20N4O. The molecule has 4 aliphatic rings. The second-order valence-electron chi connectivity index (χ2n) is 7.14. The summed E-state index contributed by atoms with van der Waals surface area (Å²) in [6.07, 6.45) is 8.16. The van der Waals surface area contributed by atoms with Gasteiger partial charge in [0.25, 0.3) is 5.88 Å². The highest BCUT2D eigenvalue weighted by molar-refractivity contribution is 5.53. The molecule has 0 aromatic carbocycles. The van der Waals surface area contributed by atoms with E-state index in [1.54, 1.807) is 0 Å². The number of nitrogens with zero attached hydrogens (tertiary/aromatic N) is 2. The van der Waals surface area contributed by atoms with Gasteiger partial charge in [-0.25, -0.2) is 0 Å². The Hall–Kier alpha value is -1.70. The summed E-state index contributed by atoms with van der Waals surface area (Å²) >= 11 is 0. The molecule has 3 N–H and O–H groups in total. The van der Waals surface area contributed by atoms with Crippen molar-refractivity contribution in [2.45, 2.75) is 38.5 Å². The molecule has 106 valence electrons. The van der Waals surface area contributed by atoms with Gasteiger partial charge in [0.2, 0.25) is 0 Å². The van der Waals surface area contributed by atoms with Gasteiger partial charge in [0.15, 0.2) is 5.56 Å². The summed E-state index contributed by atoms with van der Waals surface area (Å²) in [4.78, 5) is 0. The molecule has 0 aliphatic heterocycles. The number of nitrogen functional groups attached to an aromatic ring is 1. The summed E-state index contributed by atoms with van der Waals surface area (Å²) in [6.45, 7) is 0.690. The first-order chi connectivity index (χ1) is 9.67. The predicted molar refractivity (Wildman–Crippen MR) is 73.8 cm³/mol. The van der Waals surface area contributed by atoms with Crippen molar-refractivity contribution in [1.29, 1.82) is 5.26 Å². The Balaban J connectivity index is 1.51. The van der Waals surface area contributed by atoms with Crippen molar-refractivity contribution < 1.29 is 4.74 Å². The fourth-order valence-corrected chi connectivity index (χ4v) is 5.24. The molecule has 0 radical (unpaired) electrons. The van der Waals surface area contributed by atoms with Crippen molar-refractivity contribution in [3.05, 3.63) is 5.56 Å². The maximum absolute atomic E-state index is 9.08. The van der Waals surface area contributed by atoms with E-state index in [0.29, 0.717) is 29.3 Å². The van der Waals surface area contributed by atoms with Crippen LogP contribution >= 0.6 is 0 Å². The Morgan fingerprint density at radius 2 is 1.85 bits per heavy atom. The third-order valence-corrected chi connectivity index (χ3v) is 5.55. The number of hydrogen-bond acceptors (Lipinski definition) is 4. The summed E-state index contributed by atoms with van der Waals surface area (Å²) in [5, 5.41) is 15.7. The number of rotatable bonds is 3. The van der Waals surface area contributed by atoms with Crippen LogP contribution < -0.4 is 10.5 Å². The Kier molecular flexibility index (Phi) is 2.50. The van der Waals surface area contributed by atoms with Crippen LogP contribution in [0.4, 0.5) is 5.82 Å². The zero-order chi connectivity index (χ0) is 13.7. The van der Waals surface area contributed by atoms with Gasteiger partial charge < -0.3 is 10.5 Å². The quantitative estimate of drug-likeness (QED) is 0.884. The van der Waals surface area contributed by atoms with Gasteiger partial charge in [-0.3, -0.25) is 5.10 Å². The molecule has 1 aromatic heterocycles. The van der Waals surface area contributed by atoms with Crippen molar-refractivity contribution in [3.8, 4) is 11.9 Å². The maximum atomic E-state index is 9.08. The van der Waals surface area contributed by atoms with Crippen LogP contribution in [0.5, 0.6) is 5.88 Å². The van der Waals surface area contributed by atoms with Crippen LogP contribution in [0.3, 0.4) is 0 Å². The number of nitrogens with one attached hydrogen (secondary N) is 1. The van der Waals surface area contributed by atoms with Crippen LogP contribution in [0.1, 0.15) is 44.1 Å². The van der Waals surface area contributed by atoms with Crippen molar-refractivity contribution in [2.75, 3.05) is 12.3 Å². The van der Waals surface area contributed by atoms with Crippen LogP contribution in [-0.4, -0.2) is 16.8 Å². The molecule has 4 saturated carbocycles. The van der Waals surface area contributed by atoms with E-state index in [2.05, 4.69) is 16.3 Å². The second-order valence-corrected chi connectivity index (χ2v) is 7.14. The number of aromatic amines is 1. The zero-order valence-electron chi connectivity index (χ0n) is 11.6. The third kappa shape index (κ3) is 1.78. The van der Waals surface area contributed by atoms with E-state index >= 15 is 0 Å². The van der Waals surface area contributed by atoms with E-state index in [-0.39, 0.29) is 0 Å². The van der Waals surface area contributed by atoms with E-state index in [0.717, 1.165) is 17.8 Å². The lowest BCUT2D eigenvalue weighted by Crippen LogP contribution is -2.48. The van der Waals surface area contributed by atoms with E-state index in [4.69, 9.17) is 15.7 Å². The largest absolute Gasteiger partial charge is 0.475 e. The zero-order valence-corrected chi connectivity index (χ0v) is 11.6. The highest BCUT2D eigenvalue weighted by atomic mass is 16.5. The first-order valence-electron chi connectivity index (χ1n) is 7.54. The lowest BCUT2D eigenvalue weighted by Gasteiger charge is -2.56. The molecule has 5 nitrogen and oxygen atoms in total. The van der Waals surface area contributed by atoms with Gasteiger partial charge in [0.1, 0.15) is 11.9 Å². The van der Waals surface area contributed by atoms with E-state index in [1.165, 1.54) is 38.5 Å². The first-order valence-corrected chi connectivity index (χ1v) is 7.54. The molecule has 5 heteroatoms. The minimum absolute atomic E-state index is 0.299. The topological polar surface area (TPSA) is 87.7 Å². The van der Waals surface area contributed by atoms with Gasteiger partial charge in [-0.05, 0) is 56.3 Å². The first kappa shape index (κ1) is 12.1. The van der Waals surface area contributed by atoms with Gasteiger partial charge in [-0.15, -0.1) is 5.10 Å². The Morgan fingerprint density at radius 3 is 2.40 bits per heavy atom. The van der Waals surface area contributed by atoms with Crippen molar-refractivity contribution in [2.24, 2.45) is 23.2 Å². The minimum Gasteiger partial charge on any atom is -0.475 e. The van der Waals surface area contributed by atoms with Crippen molar-refractivity contribution in [3.63, 3.8) is 0 Å². The fourth-order valence-electron chi connectivity index (χ4n) is 5.24. The average molecular weight is 272 g/mol. The van der Waals surface area contributed by atoms with Crippen LogP contribution in [0.15, 0.2) is 0 Å². The van der Waals surface area contributed by atoms with Crippen LogP contribution in [0, 0.1) is 34.5 Å². The van der Waals surface area contributed by atoms with Crippen molar-refractivity contribution >= 4 is 5.82 Å². The van der Waals surface area contributed by atoms with E-state index in [1.807, 2.05) is 0 Å². The van der Waals surface area contributed by atoms with Gasteiger partial charge in [0.05, 0.1) is 6.61 Å². The molecule has 1 aromatic rings. The molecular weight excluding hydrogens is 252 g/mol. The van der Waals surface area contributed by atoms with Gasteiger partial charge >= 0.3 is 0 Å². The normalized spacial score (nSPS) is 37.9. The molecule has 5 rings (SSSR count). The average Bonchev–Trinajstić information content (AvgIpc) is 2.75. The van der Waals surface area contributed by atoms with Gasteiger partial charge in [-0.1, -0.05) is 0 Å². The Labute approximate surface area is 118 Å². The molecule has 0 amide bonds. The molecule has 4 fully saturated rings. The lowest BCUT2D eigenvalue weighted by atomic mass is 9.50. The summed E-state index contributed by atoms with van der Waals surface area (Å²) < 4.78 is 5.89. The molecule has 4 aliphatic carbocycles. The van der Waals surface area contributed by atoms with Crippen LogP contribution in [-0.2, 0) is 0 Å². The number of ether oxygens (including phenoxy) is 1. The number of anilines is 1. The smallest absolute Gasteiger partial charge is 0.253 e. The number of nitriles is 1. The molecule has 0 atom stereocenters.